The molecule has 0 saturated heterocycles. The maximum Gasteiger partial charge on any atom is 0.221 e. The number of amides is 1. The van der Waals surface area contributed by atoms with Gasteiger partial charge in [0.2, 0.25) is 5.91 Å². The first kappa shape index (κ1) is 10.6. The maximum absolute atomic E-state index is 10.9. The molecule has 16 heavy (non-hydrogen) atoms. The van der Waals surface area contributed by atoms with E-state index in [4.69, 9.17) is 5.73 Å². The smallest absolute Gasteiger partial charge is 0.221 e. The molecule has 0 spiro atoms. The molecule has 0 aliphatic heterocycles. The third kappa shape index (κ3) is 2.04. The summed E-state index contributed by atoms with van der Waals surface area (Å²) in [5, 5.41) is 7.97. The second-order valence-electron chi connectivity index (χ2n) is 3.61. The van der Waals surface area contributed by atoms with Gasteiger partial charge >= 0.3 is 0 Å². The van der Waals surface area contributed by atoms with Crippen LogP contribution in [-0.4, -0.2) is 22.2 Å². The molecule has 0 unspecified atom stereocenters. The largest absolute Gasteiger partial charge is 0.329 e. The number of aromatic nitrogens is 2. The number of carbonyl (C=O) groups excluding carboxylic acids is 1. The van der Waals surface area contributed by atoms with E-state index in [1.165, 1.54) is 6.92 Å². The van der Waals surface area contributed by atoms with Crippen LogP contribution in [0.1, 0.15) is 6.92 Å². The Balaban J connectivity index is 2.37. The molecule has 0 bridgehead atoms. The van der Waals surface area contributed by atoms with Gasteiger partial charge < -0.3 is 11.1 Å². The van der Waals surface area contributed by atoms with Gasteiger partial charge in [-0.3, -0.25) is 9.48 Å². The molecule has 0 fully saturated rings. The molecule has 84 valence electrons. The van der Waals surface area contributed by atoms with Crippen LogP contribution in [-0.2, 0) is 11.3 Å². The molecule has 0 atom stereocenters. The van der Waals surface area contributed by atoms with Gasteiger partial charge in [-0.1, -0.05) is 0 Å². The molecule has 1 amide bonds. The van der Waals surface area contributed by atoms with Gasteiger partial charge in [0.25, 0.3) is 0 Å². The number of hydrogen-bond acceptors (Lipinski definition) is 3. The van der Waals surface area contributed by atoms with Crippen LogP contribution >= 0.6 is 0 Å². The van der Waals surface area contributed by atoms with Crippen molar-refractivity contribution in [1.82, 2.24) is 9.78 Å². The topological polar surface area (TPSA) is 72.9 Å². The molecule has 2 aromatic rings. The van der Waals surface area contributed by atoms with Gasteiger partial charge in [-0.25, -0.2) is 0 Å². The number of fused-ring (bicyclic) bond motifs is 1. The molecule has 0 radical (unpaired) electrons. The first-order valence-electron chi connectivity index (χ1n) is 5.14. The molecule has 0 aliphatic carbocycles. The van der Waals surface area contributed by atoms with Crippen molar-refractivity contribution in [3.8, 4) is 0 Å². The maximum atomic E-state index is 10.9. The van der Waals surface area contributed by atoms with Gasteiger partial charge in [0.1, 0.15) is 0 Å². The van der Waals surface area contributed by atoms with Crippen molar-refractivity contribution in [2.45, 2.75) is 13.5 Å². The normalized spacial score (nSPS) is 10.6. The summed E-state index contributed by atoms with van der Waals surface area (Å²) in [5.41, 5.74) is 7.30. The lowest BCUT2D eigenvalue weighted by Crippen LogP contribution is -2.10. The number of nitrogens with two attached hydrogens (primary N) is 1. The Labute approximate surface area is 93.2 Å². The van der Waals surface area contributed by atoms with Crippen LogP contribution < -0.4 is 11.1 Å². The Bertz CT molecular complexity index is 518. The molecule has 1 aromatic heterocycles. The minimum absolute atomic E-state index is 0.0753. The average molecular weight is 218 g/mol. The van der Waals surface area contributed by atoms with E-state index in [1.54, 1.807) is 6.20 Å². The highest BCUT2D eigenvalue weighted by Gasteiger charge is 2.03. The second kappa shape index (κ2) is 4.32. The summed E-state index contributed by atoms with van der Waals surface area (Å²) in [5.74, 6) is -0.0753. The minimum atomic E-state index is -0.0753. The molecule has 0 saturated carbocycles. The van der Waals surface area contributed by atoms with Crippen LogP contribution in [0.4, 0.5) is 5.69 Å². The van der Waals surface area contributed by atoms with Crippen molar-refractivity contribution in [2.24, 2.45) is 5.73 Å². The highest BCUT2D eigenvalue weighted by molar-refractivity contribution is 5.92. The minimum Gasteiger partial charge on any atom is -0.329 e. The summed E-state index contributed by atoms with van der Waals surface area (Å²) in [4.78, 5) is 10.9. The number of nitrogens with one attached hydrogen (secondary N) is 1. The van der Waals surface area contributed by atoms with Crippen LogP contribution in [0.15, 0.2) is 24.4 Å². The molecule has 0 aliphatic rings. The number of rotatable bonds is 3. The highest BCUT2D eigenvalue weighted by Crippen LogP contribution is 2.18. The fourth-order valence-corrected chi connectivity index (χ4v) is 1.67. The summed E-state index contributed by atoms with van der Waals surface area (Å²) in [6, 6.07) is 5.69. The Morgan fingerprint density at radius 3 is 3.06 bits per heavy atom. The third-order valence-electron chi connectivity index (χ3n) is 2.30. The fourth-order valence-electron chi connectivity index (χ4n) is 1.67. The van der Waals surface area contributed by atoms with E-state index < -0.39 is 0 Å². The lowest BCUT2D eigenvalue weighted by molar-refractivity contribution is -0.114. The molecule has 5 heteroatoms. The molecular weight excluding hydrogens is 204 g/mol. The van der Waals surface area contributed by atoms with Gasteiger partial charge in [-0.05, 0) is 18.2 Å². The first-order valence-corrected chi connectivity index (χ1v) is 5.14. The quantitative estimate of drug-likeness (QED) is 0.805. The predicted octanol–water partition coefficient (Wildman–Crippen LogP) is 0.953. The zero-order valence-electron chi connectivity index (χ0n) is 9.10. The summed E-state index contributed by atoms with van der Waals surface area (Å²) < 4.78 is 1.85. The molecule has 2 rings (SSSR count). The lowest BCUT2D eigenvalue weighted by atomic mass is 10.2. The Kier molecular flexibility index (Phi) is 2.87. The molecular formula is C11H14N4O. The number of carbonyl (C=O) groups is 1. The van der Waals surface area contributed by atoms with Gasteiger partial charge in [-0.2, -0.15) is 5.10 Å². The zero-order valence-corrected chi connectivity index (χ0v) is 9.10. The molecule has 3 N–H and O–H groups in total. The van der Waals surface area contributed by atoms with Crippen LogP contribution in [0.25, 0.3) is 10.9 Å². The monoisotopic (exact) mass is 218 g/mol. The van der Waals surface area contributed by atoms with Crippen molar-refractivity contribution in [3.05, 3.63) is 24.4 Å². The number of hydrogen-bond donors (Lipinski definition) is 2. The summed E-state index contributed by atoms with van der Waals surface area (Å²) >= 11 is 0. The SMILES string of the molecule is CC(=O)Nc1ccc2c(cnn2CCN)c1. The molecule has 1 heterocycles. The van der Waals surface area contributed by atoms with Crippen LogP contribution in [0, 0.1) is 0 Å². The van der Waals surface area contributed by atoms with Crippen LogP contribution in [0.5, 0.6) is 0 Å². The van der Waals surface area contributed by atoms with Crippen molar-refractivity contribution in [3.63, 3.8) is 0 Å². The zero-order chi connectivity index (χ0) is 11.5. The van der Waals surface area contributed by atoms with E-state index in [1.807, 2.05) is 22.9 Å². The second-order valence-corrected chi connectivity index (χ2v) is 3.61. The van der Waals surface area contributed by atoms with Crippen molar-refractivity contribution in [2.75, 3.05) is 11.9 Å². The standard InChI is InChI=1S/C11H14N4O/c1-8(16)14-10-2-3-11-9(6-10)7-13-15(11)5-4-12/h2-3,6-7H,4-5,12H2,1H3,(H,14,16). The number of benzene rings is 1. The van der Waals surface area contributed by atoms with E-state index in [9.17, 15) is 4.79 Å². The lowest BCUT2D eigenvalue weighted by Gasteiger charge is -2.03. The summed E-state index contributed by atoms with van der Waals surface area (Å²) in [6.45, 7) is 2.75. The fraction of sp³-hybridized carbons (Fsp3) is 0.273. The number of nitrogens with zero attached hydrogens (tertiary/aromatic N) is 2. The van der Waals surface area contributed by atoms with Crippen LogP contribution in [0.3, 0.4) is 0 Å². The van der Waals surface area contributed by atoms with Crippen LogP contribution in [0.2, 0.25) is 0 Å². The summed E-state index contributed by atoms with van der Waals surface area (Å²) in [7, 11) is 0. The average Bonchev–Trinajstić information content (AvgIpc) is 2.61. The van der Waals surface area contributed by atoms with Crippen molar-refractivity contribution >= 4 is 22.5 Å². The Morgan fingerprint density at radius 2 is 2.38 bits per heavy atom. The van der Waals surface area contributed by atoms with Gasteiger partial charge in [-0.15, -0.1) is 0 Å². The number of anilines is 1. The van der Waals surface area contributed by atoms with E-state index in [-0.39, 0.29) is 5.91 Å². The van der Waals surface area contributed by atoms with E-state index in [2.05, 4.69) is 10.4 Å². The molecule has 5 nitrogen and oxygen atoms in total. The third-order valence-corrected chi connectivity index (χ3v) is 2.30. The van der Waals surface area contributed by atoms with E-state index >= 15 is 0 Å². The highest BCUT2D eigenvalue weighted by atomic mass is 16.1. The van der Waals surface area contributed by atoms with E-state index in [0.717, 1.165) is 16.6 Å². The summed E-state index contributed by atoms with van der Waals surface area (Å²) in [6.07, 6.45) is 1.77. The van der Waals surface area contributed by atoms with E-state index in [0.29, 0.717) is 13.1 Å². The van der Waals surface area contributed by atoms with Gasteiger partial charge in [0.05, 0.1) is 18.3 Å². The Hall–Kier alpha value is -1.88. The van der Waals surface area contributed by atoms with Gasteiger partial charge in [0, 0.05) is 24.5 Å². The molecule has 1 aromatic carbocycles. The first-order chi connectivity index (χ1) is 7.70. The Morgan fingerprint density at radius 1 is 1.56 bits per heavy atom. The van der Waals surface area contributed by atoms with Gasteiger partial charge in [0.15, 0.2) is 0 Å². The predicted molar refractivity (Wildman–Crippen MR) is 63.1 cm³/mol. The van der Waals surface area contributed by atoms with Crippen molar-refractivity contribution in [1.29, 1.82) is 0 Å². The van der Waals surface area contributed by atoms with Crippen molar-refractivity contribution < 1.29 is 4.79 Å².